The smallest absolute Gasteiger partial charge is 0.106 e. The second-order valence-electron chi connectivity index (χ2n) is 8.20. The molecular weight excluding hydrogens is 306 g/mol. The van der Waals surface area contributed by atoms with E-state index in [0.717, 1.165) is 17.8 Å². The molecular formula is C22H35N3. The first kappa shape index (κ1) is 18.4. The molecule has 0 amide bonds. The van der Waals surface area contributed by atoms with Crippen LogP contribution in [0.3, 0.4) is 0 Å². The molecule has 0 radical (unpaired) electrons. The summed E-state index contributed by atoms with van der Waals surface area (Å²) < 4.78 is 0. The van der Waals surface area contributed by atoms with Crippen molar-refractivity contribution in [3.05, 3.63) is 29.6 Å². The van der Waals surface area contributed by atoms with E-state index < -0.39 is 0 Å². The number of aromatic nitrogens is 2. The minimum Gasteiger partial charge on any atom is -0.342 e. The molecule has 3 heteroatoms. The molecule has 1 saturated heterocycles. The van der Waals surface area contributed by atoms with Gasteiger partial charge >= 0.3 is 0 Å². The molecule has 1 N–H and O–H groups in total. The van der Waals surface area contributed by atoms with Crippen LogP contribution in [0.1, 0.15) is 71.2 Å². The van der Waals surface area contributed by atoms with Gasteiger partial charge in [-0.3, -0.25) is 0 Å². The summed E-state index contributed by atoms with van der Waals surface area (Å²) in [4.78, 5) is 10.9. The third kappa shape index (κ3) is 3.92. The molecule has 0 unspecified atom stereocenters. The summed E-state index contributed by atoms with van der Waals surface area (Å²) in [6.07, 6.45) is 7.65. The number of nitrogens with zero attached hydrogens (tertiary/aromatic N) is 2. The molecule has 1 aromatic carbocycles. The first-order chi connectivity index (χ1) is 12.1. The van der Waals surface area contributed by atoms with E-state index in [2.05, 4.69) is 55.8 Å². The molecule has 1 aromatic heterocycles. The van der Waals surface area contributed by atoms with Crippen molar-refractivity contribution in [2.24, 2.45) is 5.92 Å². The zero-order chi connectivity index (χ0) is 17.9. The van der Waals surface area contributed by atoms with Crippen LogP contribution >= 0.6 is 0 Å². The topological polar surface area (TPSA) is 31.9 Å². The van der Waals surface area contributed by atoms with Crippen molar-refractivity contribution in [1.82, 2.24) is 14.9 Å². The Morgan fingerprint density at radius 1 is 1.24 bits per heavy atom. The number of rotatable bonds is 7. The highest BCUT2D eigenvalue weighted by atomic mass is 15.1. The van der Waals surface area contributed by atoms with Crippen LogP contribution in [0.4, 0.5) is 0 Å². The fraction of sp³-hybridized carbons (Fsp3) is 0.682. The summed E-state index contributed by atoms with van der Waals surface area (Å²) in [5.74, 6) is 1.77. The minimum absolute atomic E-state index is 0.263. The van der Waals surface area contributed by atoms with Crippen LogP contribution in [0.25, 0.3) is 11.0 Å². The highest BCUT2D eigenvalue weighted by molar-refractivity contribution is 5.76. The zero-order valence-corrected chi connectivity index (χ0v) is 16.6. The van der Waals surface area contributed by atoms with E-state index in [-0.39, 0.29) is 5.41 Å². The Bertz CT molecular complexity index is 690. The normalized spacial score (nSPS) is 24.9. The van der Waals surface area contributed by atoms with Gasteiger partial charge < -0.3 is 9.88 Å². The standard InChI is InChI=1S/C22H35N3/c1-5-7-8-9-13-25-14-12-22(4,17(3)16-25)18-10-11-19-20(15-18)24-21(6-2)23-19/h10-11,15,17H,5-9,12-14,16H2,1-4H3,(H,23,24)/t17-,22-/m0/s1. The Morgan fingerprint density at radius 2 is 2.08 bits per heavy atom. The van der Waals surface area contributed by atoms with Crippen LogP contribution in [-0.2, 0) is 11.8 Å². The summed E-state index contributed by atoms with van der Waals surface area (Å²) in [5, 5.41) is 0. The van der Waals surface area contributed by atoms with Gasteiger partial charge in [0.25, 0.3) is 0 Å². The van der Waals surface area contributed by atoms with E-state index in [9.17, 15) is 0 Å². The molecule has 138 valence electrons. The summed E-state index contributed by atoms with van der Waals surface area (Å²) >= 11 is 0. The van der Waals surface area contributed by atoms with Crippen molar-refractivity contribution in [2.45, 2.75) is 71.6 Å². The van der Waals surface area contributed by atoms with Gasteiger partial charge in [-0.15, -0.1) is 0 Å². The molecule has 1 aliphatic rings. The molecule has 2 heterocycles. The summed E-state index contributed by atoms with van der Waals surface area (Å²) in [5.41, 5.74) is 4.03. The molecule has 0 saturated carbocycles. The van der Waals surface area contributed by atoms with Crippen molar-refractivity contribution in [3.63, 3.8) is 0 Å². The number of piperidine rings is 1. The third-order valence-corrected chi connectivity index (χ3v) is 6.42. The maximum absolute atomic E-state index is 4.75. The lowest BCUT2D eigenvalue weighted by Crippen LogP contribution is -2.47. The number of aryl methyl sites for hydroxylation is 1. The minimum atomic E-state index is 0.263. The van der Waals surface area contributed by atoms with E-state index in [4.69, 9.17) is 4.98 Å². The van der Waals surface area contributed by atoms with Crippen LogP contribution in [0.5, 0.6) is 0 Å². The number of hydrogen-bond acceptors (Lipinski definition) is 2. The third-order valence-electron chi connectivity index (χ3n) is 6.42. The van der Waals surface area contributed by atoms with Gasteiger partial charge in [-0.05, 0) is 55.0 Å². The average Bonchev–Trinajstić information content (AvgIpc) is 3.04. The van der Waals surface area contributed by atoms with Gasteiger partial charge in [0.15, 0.2) is 0 Å². The highest BCUT2D eigenvalue weighted by Gasteiger charge is 2.37. The van der Waals surface area contributed by atoms with E-state index >= 15 is 0 Å². The predicted octanol–water partition coefficient (Wildman–Crippen LogP) is 5.31. The maximum Gasteiger partial charge on any atom is 0.106 e. The number of aromatic amines is 1. The van der Waals surface area contributed by atoms with Gasteiger partial charge in [0.05, 0.1) is 11.0 Å². The Kier molecular flexibility index (Phi) is 5.83. The lowest BCUT2D eigenvalue weighted by molar-refractivity contribution is 0.109. The van der Waals surface area contributed by atoms with E-state index in [1.807, 2.05) is 0 Å². The van der Waals surface area contributed by atoms with Gasteiger partial charge in [-0.1, -0.05) is 53.0 Å². The number of benzene rings is 1. The monoisotopic (exact) mass is 341 g/mol. The number of likely N-dealkylation sites (tertiary alicyclic amines) is 1. The molecule has 3 rings (SSSR count). The quantitative estimate of drug-likeness (QED) is 0.693. The van der Waals surface area contributed by atoms with Crippen LogP contribution < -0.4 is 0 Å². The molecule has 0 spiro atoms. The average molecular weight is 342 g/mol. The van der Waals surface area contributed by atoms with E-state index in [1.165, 1.54) is 62.8 Å². The molecule has 3 nitrogen and oxygen atoms in total. The van der Waals surface area contributed by atoms with Crippen molar-refractivity contribution >= 4 is 11.0 Å². The number of fused-ring (bicyclic) bond motifs is 1. The Morgan fingerprint density at radius 3 is 2.80 bits per heavy atom. The Hall–Kier alpha value is -1.35. The Balaban J connectivity index is 1.69. The molecule has 2 atom stereocenters. The molecule has 0 bridgehead atoms. The van der Waals surface area contributed by atoms with Crippen LogP contribution in [0.15, 0.2) is 18.2 Å². The SMILES string of the molecule is CCCCCCN1CC[C@](C)(c2ccc3[nH]c(CC)nc3c2)[C@@H](C)C1. The van der Waals surface area contributed by atoms with Gasteiger partial charge in [0.1, 0.15) is 5.82 Å². The first-order valence-corrected chi connectivity index (χ1v) is 10.3. The lowest BCUT2D eigenvalue weighted by Gasteiger charge is -2.45. The van der Waals surface area contributed by atoms with Gasteiger partial charge in [0.2, 0.25) is 0 Å². The summed E-state index contributed by atoms with van der Waals surface area (Å²) in [7, 11) is 0. The second kappa shape index (κ2) is 7.90. The largest absolute Gasteiger partial charge is 0.342 e. The van der Waals surface area contributed by atoms with Crippen LogP contribution in [0.2, 0.25) is 0 Å². The molecule has 2 aromatic rings. The Labute approximate surface area is 153 Å². The number of imidazole rings is 1. The summed E-state index contributed by atoms with van der Waals surface area (Å²) in [6, 6.07) is 6.89. The van der Waals surface area contributed by atoms with Crippen LogP contribution in [-0.4, -0.2) is 34.5 Å². The second-order valence-corrected chi connectivity index (χ2v) is 8.20. The number of unbranched alkanes of at least 4 members (excludes halogenated alkanes) is 3. The van der Waals surface area contributed by atoms with Gasteiger partial charge in [-0.2, -0.15) is 0 Å². The summed E-state index contributed by atoms with van der Waals surface area (Å²) in [6.45, 7) is 13.1. The molecule has 25 heavy (non-hydrogen) atoms. The van der Waals surface area contributed by atoms with Crippen molar-refractivity contribution < 1.29 is 0 Å². The molecule has 1 fully saturated rings. The number of H-pyrrole nitrogens is 1. The zero-order valence-electron chi connectivity index (χ0n) is 16.6. The number of nitrogens with one attached hydrogen (secondary N) is 1. The van der Waals surface area contributed by atoms with Gasteiger partial charge in [-0.25, -0.2) is 4.98 Å². The number of hydrogen-bond donors (Lipinski definition) is 1. The lowest BCUT2D eigenvalue weighted by atomic mass is 9.68. The van der Waals surface area contributed by atoms with E-state index in [1.54, 1.807) is 0 Å². The highest BCUT2D eigenvalue weighted by Crippen LogP contribution is 2.40. The fourth-order valence-electron chi connectivity index (χ4n) is 4.29. The predicted molar refractivity (Wildman–Crippen MR) is 107 cm³/mol. The van der Waals surface area contributed by atoms with Crippen LogP contribution in [0, 0.1) is 5.92 Å². The fourth-order valence-corrected chi connectivity index (χ4v) is 4.29. The molecule has 0 aliphatic carbocycles. The maximum atomic E-state index is 4.75. The first-order valence-electron chi connectivity index (χ1n) is 10.3. The van der Waals surface area contributed by atoms with Crippen molar-refractivity contribution in [3.8, 4) is 0 Å². The van der Waals surface area contributed by atoms with Crippen molar-refractivity contribution in [1.29, 1.82) is 0 Å². The van der Waals surface area contributed by atoms with Gasteiger partial charge in [0, 0.05) is 13.0 Å². The van der Waals surface area contributed by atoms with E-state index in [0.29, 0.717) is 5.92 Å². The van der Waals surface area contributed by atoms with Crippen molar-refractivity contribution in [2.75, 3.05) is 19.6 Å². The molecule has 1 aliphatic heterocycles.